The van der Waals surface area contributed by atoms with Gasteiger partial charge in [-0.3, -0.25) is 0 Å². The lowest BCUT2D eigenvalue weighted by Gasteiger charge is -2.13. The largest absolute Gasteiger partial charge is 0.0764 e. The molecule has 1 aliphatic rings. The molecule has 0 aromatic heterocycles. The van der Waals surface area contributed by atoms with Crippen LogP contribution in [0.3, 0.4) is 0 Å². The van der Waals surface area contributed by atoms with Crippen LogP contribution < -0.4 is 0 Å². The molecule has 1 aliphatic carbocycles. The standard InChI is InChI=1S/C17H18/c1-2-3-6-14-11-12-15-10-9-13-7-4-5-8-16(13)17(14)15/h4-5,7-12,14H,2-3,6H2,1H3. The molecule has 0 heteroatoms. The van der Waals surface area contributed by atoms with Gasteiger partial charge in [-0.05, 0) is 28.3 Å². The maximum absolute atomic E-state index is 2.38. The van der Waals surface area contributed by atoms with Crippen LogP contribution in [0.15, 0.2) is 42.5 Å². The number of rotatable bonds is 3. The Balaban J connectivity index is 2.10. The van der Waals surface area contributed by atoms with E-state index in [9.17, 15) is 0 Å². The molecule has 0 heterocycles. The average molecular weight is 222 g/mol. The van der Waals surface area contributed by atoms with Crippen LogP contribution in [0, 0.1) is 0 Å². The number of hydrogen-bond donors (Lipinski definition) is 0. The minimum absolute atomic E-state index is 0.635. The summed E-state index contributed by atoms with van der Waals surface area (Å²) in [7, 11) is 0. The van der Waals surface area contributed by atoms with Crippen molar-refractivity contribution in [2.24, 2.45) is 0 Å². The molecule has 0 aliphatic heterocycles. The zero-order chi connectivity index (χ0) is 11.7. The molecule has 0 saturated heterocycles. The first kappa shape index (κ1) is 10.6. The SMILES string of the molecule is CCCCC1C=Cc2ccc3ccccc3c21. The van der Waals surface area contributed by atoms with E-state index >= 15 is 0 Å². The van der Waals surface area contributed by atoms with Gasteiger partial charge in [-0.1, -0.05) is 68.3 Å². The van der Waals surface area contributed by atoms with Gasteiger partial charge in [-0.2, -0.15) is 0 Å². The Kier molecular flexibility index (Phi) is 2.72. The molecule has 0 amide bonds. The van der Waals surface area contributed by atoms with Crippen molar-refractivity contribution in [3.8, 4) is 0 Å². The summed E-state index contributed by atoms with van der Waals surface area (Å²) in [4.78, 5) is 0. The number of fused-ring (bicyclic) bond motifs is 3. The van der Waals surface area contributed by atoms with Gasteiger partial charge in [-0.15, -0.1) is 0 Å². The van der Waals surface area contributed by atoms with E-state index < -0.39 is 0 Å². The van der Waals surface area contributed by atoms with Gasteiger partial charge in [0.2, 0.25) is 0 Å². The fourth-order valence-corrected chi connectivity index (χ4v) is 2.85. The van der Waals surface area contributed by atoms with Crippen molar-refractivity contribution in [1.29, 1.82) is 0 Å². The fourth-order valence-electron chi connectivity index (χ4n) is 2.85. The third kappa shape index (κ3) is 1.78. The summed E-state index contributed by atoms with van der Waals surface area (Å²) in [5.41, 5.74) is 2.97. The normalized spacial score (nSPS) is 17.6. The fraction of sp³-hybridized carbons (Fsp3) is 0.294. The average Bonchev–Trinajstić information content (AvgIpc) is 2.80. The molecular weight excluding hydrogens is 204 g/mol. The van der Waals surface area contributed by atoms with Crippen molar-refractivity contribution >= 4 is 16.8 Å². The molecule has 0 fully saturated rings. The van der Waals surface area contributed by atoms with Crippen LogP contribution in [-0.2, 0) is 0 Å². The van der Waals surface area contributed by atoms with Crippen molar-refractivity contribution in [1.82, 2.24) is 0 Å². The molecule has 0 radical (unpaired) electrons. The van der Waals surface area contributed by atoms with Crippen molar-refractivity contribution in [3.63, 3.8) is 0 Å². The number of hydrogen-bond acceptors (Lipinski definition) is 0. The molecule has 0 spiro atoms. The van der Waals surface area contributed by atoms with Crippen molar-refractivity contribution < 1.29 is 0 Å². The summed E-state index contributed by atoms with van der Waals surface area (Å²) in [6, 6.07) is 13.3. The van der Waals surface area contributed by atoms with E-state index in [0.29, 0.717) is 5.92 Å². The molecule has 17 heavy (non-hydrogen) atoms. The maximum Gasteiger partial charge on any atom is 0.00333 e. The summed E-state index contributed by atoms with van der Waals surface area (Å²) >= 11 is 0. The van der Waals surface area contributed by atoms with Crippen LogP contribution in [0.5, 0.6) is 0 Å². The molecule has 1 unspecified atom stereocenters. The Hall–Kier alpha value is -1.56. The number of allylic oxidation sites excluding steroid dienone is 1. The van der Waals surface area contributed by atoms with Gasteiger partial charge < -0.3 is 0 Å². The summed E-state index contributed by atoms with van der Waals surface area (Å²) < 4.78 is 0. The van der Waals surface area contributed by atoms with E-state index in [2.05, 4.69) is 55.5 Å². The van der Waals surface area contributed by atoms with Crippen LogP contribution in [0.1, 0.15) is 43.2 Å². The summed E-state index contributed by atoms with van der Waals surface area (Å²) in [6.07, 6.45) is 8.56. The van der Waals surface area contributed by atoms with E-state index in [1.165, 1.54) is 35.6 Å². The predicted octanol–water partition coefficient (Wildman–Crippen LogP) is 5.14. The van der Waals surface area contributed by atoms with Crippen molar-refractivity contribution in [2.75, 3.05) is 0 Å². The van der Waals surface area contributed by atoms with Gasteiger partial charge in [-0.25, -0.2) is 0 Å². The van der Waals surface area contributed by atoms with Gasteiger partial charge in [0.15, 0.2) is 0 Å². The second-order valence-corrected chi connectivity index (χ2v) is 4.90. The minimum atomic E-state index is 0.635. The third-order valence-corrected chi connectivity index (χ3v) is 3.75. The van der Waals surface area contributed by atoms with Gasteiger partial charge in [0, 0.05) is 5.92 Å². The molecule has 0 N–H and O–H groups in total. The second kappa shape index (κ2) is 4.37. The quantitative estimate of drug-likeness (QED) is 0.674. The van der Waals surface area contributed by atoms with Crippen LogP contribution in [0.4, 0.5) is 0 Å². The van der Waals surface area contributed by atoms with Crippen LogP contribution in [0.2, 0.25) is 0 Å². The predicted molar refractivity (Wildman–Crippen MR) is 75.2 cm³/mol. The van der Waals surface area contributed by atoms with E-state index in [1.54, 1.807) is 5.56 Å². The Morgan fingerprint density at radius 2 is 1.94 bits per heavy atom. The first-order valence-electron chi connectivity index (χ1n) is 6.60. The molecular formula is C17H18. The zero-order valence-corrected chi connectivity index (χ0v) is 10.3. The lowest BCUT2D eigenvalue weighted by atomic mass is 9.91. The summed E-state index contributed by atoms with van der Waals surface area (Å²) in [5.74, 6) is 0.635. The Morgan fingerprint density at radius 1 is 1.06 bits per heavy atom. The van der Waals surface area contributed by atoms with Crippen LogP contribution in [-0.4, -0.2) is 0 Å². The molecule has 1 atom stereocenters. The molecule has 2 aromatic rings. The molecule has 86 valence electrons. The number of benzene rings is 2. The molecule has 2 aromatic carbocycles. The highest BCUT2D eigenvalue weighted by Gasteiger charge is 2.18. The highest BCUT2D eigenvalue weighted by Crippen LogP contribution is 2.38. The Labute approximate surface area is 103 Å². The smallest absolute Gasteiger partial charge is 0.00333 e. The van der Waals surface area contributed by atoms with E-state index in [1.807, 2.05) is 0 Å². The van der Waals surface area contributed by atoms with E-state index in [0.717, 1.165) is 0 Å². The molecule has 3 rings (SSSR count). The van der Waals surface area contributed by atoms with Crippen LogP contribution in [0.25, 0.3) is 16.8 Å². The third-order valence-electron chi connectivity index (χ3n) is 3.75. The number of unbranched alkanes of at least 4 members (excludes halogenated alkanes) is 1. The molecule has 0 nitrogen and oxygen atoms in total. The topological polar surface area (TPSA) is 0 Å². The molecule has 0 saturated carbocycles. The maximum atomic E-state index is 2.38. The summed E-state index contributed by atoms with van der Waals surface area (Å²) in [5, 5.41) is 2.81. The van der Waals surface area contributed by atoms with Crippen molar-refractivity contribution in [3.05, 3.63) is 53.6 Å². The first-order chi connectivity index (χ1) is 8.40. The van der Waals surface area contributed by atoms with E-state index in [4.69, 9.17) is 0 Å². The monoisotopic (exact) mass is 222 g/mol. The Bertz CT molecular complexity index is 563. The lowest BCUT2D eigenvalue weighted by molar-refractivity contribution is 0.672. The highest BCUT2D eigenvalue weighted by molar-refractivity contribution is 5.91. The van der Waals surface area contributed by atoms with Gasteiger partial charge >= 0.3 is 0 Å². The van der Waals surface area contributed by atoms with Crippen LogP contribution >= 0.6 is 0 Å². The van der Waals surface area contributed by atoms with Gasteiger partial charge in [0.25, 0.3) is 0 Å². The Morgan fingerprint density at radius 3 is 2.82 bits per heavy atom. The lowest BCUT2D eigenvalue weighted by Crippen LogP contribution is -1.94. The second-order valence-electron chi connectivity index (χ2n) is 4.90. The molecule has 0 bridgehead atoms. The van der Waals surface area contributed by atoms with Crippen molar-refractivity contribution in [2.45, 2.75) is 32.1 Å². The minimum Gasteiger partial charge on any atom is -0.0764 e. The summed E-state index contributed by atoms with van der Waals surface area (Å²) in [6.45, 7) is 2.27. The van der Waals surface area contributed by atoms with Gasteiger partial charge in [0.1, 0.15) is 0 Å². The van der Waals surface area contributed by atoms with E-state index in [-0.39, 0.29) is 0 Å². The highest BCUT2D eigenvalue weighted by atomic mass is 14.2. The first-order valence-corrected chi connectivity index (χ1v) is 6.60. The van der Waals surface area contributed by atoms with Gasteiger partial charge in [0.05, 0.1) is 0 Å². The zero-order valence-electron chi connectivity index (χ0n) is 10.3.